The second-order valence-electron chi connectivity index (χ2n) is 4.18. The first-order valence-corrected chi connectivity index (χ1v) is 6.48. The van der Waals surface area contributed by atoms with Crippen LogP contribution in [0, 0.1) is 5.82 Å². The molecule has 0 saturated heterocycles. The highest BCUT2D eigenvalue weighted by atomic mass is 35.5. The van der Waals surface area contributed by atoms with Crippen LogP contribution in [0.4, 0.5) is 13.2 Å². The minimum atomic E-state index is -3.07. The van der Waals surface area contributed by atoms with Crippen molar-refractivity contribution in [2.45, 2.75) is 13.2 Å². The molecule has 0 bridgehead atoms. The van der Waals surface area contributed by atoms with Crippen LogP contribution in [0.5, 0.6) is 11.5 Å². The first kappa shape index (κ1) is 16.2. The van der Waals surface area contributed by atoms with E-state index in [1.165, 1.54) is 30.3 Å². The zero-order valence-corrected chi connectivity index (χ0v) is 11.8. The lowest BCUT2D eigenvalue weighted by atomic mass is 10.2. The van der Waals surface area contributed by atoms with Gasteiger partial charge in [-0.25, -0.2) is 4.39 Å². The minimum Gasteiger partial charge on any atom is -0.489 e. The maximum Gasteiger partial charge on any atom is 0.387 e. The van der Waals surface area contributed by atoms with Gasteiger partial charge >= 0.3 is 6.61 Å². The SMILES string of the molecule is O=Cc1ccc(OCc2c(F)cccc2Cl)cc1OC(F)F. The van der Waals surface area contributed by atoms with Gasteiger partial charge in [0.2, 0.25) is 0 Å². The fraction of sp³-hybridized carbons (Fsp3) is 0.133. The number of halogens is 4. The summed E-state index contributed by atoms with van der Waals surface area (Å²) in [5.41, 5.74) is 0.0940. The van der Waals surface area contributed by atoms with Crippen LogP contribution in [0.15, 0.2) is 36.4 Å². The van der Waals surface area contributed by atoms with Crippen LogP contribution in [-0.4, -0.2) is 12.9 Å². The predicted octanol–water partition coefficient (Wildman–Crippen LogP) is 4.47. The normalized spacial score (nSPS) is 10.6. The van der Waals surface area contributed by atoms with Crippen molar-refractivity contribution in [1.29, 1.82) is 0 Å². The van der Waals surface area contributed by atoms with E-state index in [0.29, 0.717) is 6.29 Å². The molecule has 0 radical (unpaired) electrons. The van der Waals surface area contributed by atoms with E-state index in [0.717, 1.165) is 6.07 Å². The van der Waals surface area contributed by atoms with Crippen LogP contribution in [0.3, 0.4) is 0 Å². The van der Waals surface area contributed by atoms with E-state index in [9.17, 15) is 18.0 Å². The number of ether oxygens (including phenoxy) is 2. The third kappa shape index (κ3) is 3.92. The zero-order valence-electron chi connectivity index (χ0n) is 11.1. The summed E-state index contributed by atoms with van der Waals surface area (Å²) in [5.74, 6) is -0.719. The molecule has 0 saturated carbocycles. The lowest BCUT2D eigenvalue weighted by Gasteiger charge is -2.12. The Kier molecular flexibility index (Phi) is 5.27. The molecule has 0 fully saturated rings. The van der Waals surface area contributed by atoms with Crippen molar-refractivity contribution >= 4 is 17.9 Å². The molecule has 0 aliphatic rings. The summed E-state index contributed by atoms with van der Waals surface area (Å²) in [6.07, 6.45) is 0.384. The standard InChI is InChI=1S/C15H10ClF3O3/c16-12-2-1-3-13(17)11(12)8-21-10-5-4-9(7-20)14(6-10)22-15(18)19/h1-7,15H,8H2. The number of hydrogen-bond donors (Lipinski definition) is 0. The Hall–Kier alpha value is -2.21. The molecule has 2 aromatic rings. The summed E-state index contributed by atoms with van der Waals surface area (Å²) in [7, 11) is 0. The van der Waals surface area contributed by atoms with Crippen molar-refractivity contribution in [2.24, 2.45) is 0 Å². The largest absolute Gasteiger partial charge is 0.489 e. The molecule has 0 aromatic heterocycles. The third-order valence-corrected chi connectivity index (χ3v) is 3.13. The predicted molar refractivity (Wildman–Crippen MR) is 74.2 cm³/mol. The van der Waals surface area contributed by atoms with Crippen molar-refractivity contribution in [3.63, 3.8) is 0 Å². The Morgan fingerprint density at radius 3 is 2.64 bits per heavy atom. The molecule has 0 heterocycles. The van der Waals surface area contributed by atoms with Gasteiger partial charge in [0.1, 0.15) is 23.9 Å². The Balaban J connectivity index is 2.18. The van der Waals surface area contributed by atoms with Gasteiger partial charge in [-0.05, 0) is 24.3 Å². The summed E-state index contributed by atoms with van der Waals surface area (Å²) in [6, 6.07) is 7.97. The van der Waals surface area contributed by atoms with Crippen LogP contribution >= 0.6 is 11.6 Å². The fourth-order valence-electron chi connectivity index (χ4n) is 1.73. The number of carbonyl (C=O) groups is 1. The van der Waals surface area contributed by atoms with Gasteiger partial charge in [0.05, 0.1) is 10.6 Å². The average molecular weight is 331 g/mol. The Morgan fingerprint density at radius 1 is 1.23 bits per heavy atom. The highest BCUT2D eigenvalue weighted by Crippen LogP contribution is 2.27. The number of benzene rings is 2. The lowest BCUT2D eigenvalue weighted by Crippen LogP contribution is -2.05. The van der Waals surface area contributed by atoms with Crippen LogP contribution in [0.2, 0.25) is 5.02 Å². The van der Waals surface area contributed by atoms with E-state index in [2.05, 4.69) is 4.74 Å². The number of alkyl halides is 2. The molecular weight excluding hydrogens is 321 g/mol. The van der Waals surface area contributed by atoms with Gasteiger partial charge in [0, 0.05) is 11.6 Å². The van der Waals surface area contributed by atoms with Gasteiger partial charge < -0.3 is 9.47 Å². The van der Waals surface area contributed by atoms with Gasteiger partial charge in [-0.15, -0.1) is 0 Å². The summed E-state index contributed by atoms with van der Waals surface area (Å²) in [5, 5.41) is 0.188. The fourth-order valence-corrected chi connectivity index (χ4v) is 1.94. The van der Waals surface area contributed by atoms with Crippen LogP contribution < -0.4 is 9.47 Å². The average Bonchev–Trinajstić information content (AvgIpc) is 2.46. The highest BCUT2D eigenvalue weighted by Gasteiger charge is 2.12. The van der Waals surface area contributed by atoms with Crippen molar-refractivity contribution in [2.75, 3.05) is 0 Å². The van der Waals surface area contributed by atoms with Crippen molar-refractivity contribution in [3.8, 4) is 11.5 Å². The number of aldehydes is 1. The Morgan fingerprint density at radius 2 is 2.00 bits per heavy atom. The van der Waals surface area contributed by atoms with Crippen molar-refractivity contribution < 1.29 is 27.4 Å². The molecule has 0 spiro atoms. The van der Waals surface area contributed by atoms with Gasteiger partial charge in [0.15, 0.2) is 6.29 Å². The molecule has 2 aromatic carbocycles. The van der Waals surface area contributed by atoms with E-state index in [-0.39, 0.29) is 34.3 Å². The summed E-state index contributed by atoms with van der Waals surface area (Å²) >= 11 is 5.85. The lowest BCUT2D eigenvalue weighted by molar-refractivity contribution is -0.0501. The van der Waals surface area contributed by atoms with Gasteiger partial charge in [-0.1, -0.05) is 17.7 Å². The Labute approximate surface area is 129 Å². The number of hydrogen-bond acceptors (Lipinski definition) is 3. The van der Waals surface area contributed by atoms with E-state index in [1.54, 1.807) is 0 Å². The quantitative estimate of drug-likeness (QED) is 0.733. The van der Waals surface area contributed by atoms with Gasteiger partial charge in [-0.3, -0.25) is 4.79 Å². The molecule has 0 unspecified atom stereocenters. The number of carbonyl (C=O) groups excluding carboxylic acids is 1. The molecule has 116 valence electrons. The molecule has 0 aliphatic carbocycles. The summed E-state index contributed by atoms with van der Waals surface area (Å²) < 4.78 is 47.7. The molecule has 0 atom stereocenters. The maximum absolute atomic E-state index is 13.6. The second-order valence-corrected chi connectivity index (χ2v) is 4.59. The van der Waals surface area contributed by atoms with Gasteiger partial charge in [0.25, 0.3) is 0 Å². The molecule has 2 rings (SSSR count). The summed E-state index contributed by atoms with van der Waals surface area (Å²) in [6.45, 7) is -3.27. The van der Waals surface area contributed by atoms with E-state index in [4.69, 9.17) is 16.3 Å². The molecule has 0 N–H and O–H groups in total. The molecule has 3 nitrogen and oxygen atoms in total. The summed E-state index contributed by atoms with van der Waals surface area (Å²) in [4.78, 5) is 10.8. The Bertz CT molecular complexity index is 657. The van der Waals surface area contributed by atoms with Crippen molar-refractivity contribution in [1.82, 2.24) is 0 Å². The van der Waals surface area contributed by atoms with Crippen LogP contribution in [-0.2, 0) is 6.61 Å². The number of rotatable bonds is 6. The monoisotopic (exact) mass is 330 g/mol. The van der Waals surface area contributed by atoms with Crippen LogP contribution in [0.25, 0.3) is 0 Å². The van der Waals surface area contributed by atoms with Crippen molar-refractivity contribution in [3.05, 3.63) is 58.4 Å². The third-order valence-electron chi connectivity index (χ3n) is 2.77. The molecule has 7 heteroatoms. The molecule has 0 amide bonds. The highest BCUT2D eigenvalue weighted by molar-refractivity contribution is 6.31. The minimum absolute atomic E-state index is 0.0448. The maximum atomic E-state index is 13.6. The van der Waals surface area contributed by atoms with Crippen LogP contribution in [0.1, 0.15) is 15.9 Å². The van der Waals surface area contributed by atoms with E-state index < -0.39 is 12.4 Å². The first-order valence-electron chi connectivity index (χ1n) is 6.11. The van der Waals surface area contributed by atoms with E-state index in [1.807, 2.05) is 0 Å². The zero-order chi connectivity index (χ0) is 16.1. The molecular formula is C15H10ClF3O3. The van der Waals surface area contributed by atoms with Gasteiger partial charge in [-0.2, -0.15) is 8.78 Å². The van der Waals surface area contributed by atoms with E-state index >= 15 is 0 Å². The first-order chi connectivity index (χ1) is 10.5. The molecule has 0 aliphatic heterocycles. The smallest absolute Gasteiger partial charge is 0.387 e. The topological polar surface area (TPSA) is 35.5 Å². The second kappa shape index (κ2) is 7.17. The molecule has 22 heavy (non-hydrogen) atoms.